The van der Waals surface area contributed by atoms with E-state index in [0.29, 0.717) is 31.3 Å². The maximum absolute atomic E-state index is 13.0. The highest BCUT2D eigenvalue weighted by atomic mass is 19.1. The molecule has 1 aliphatic rings. The summed E-state index contributed by atoms with van der Waals surface area (Å²) in [4.78, 5) is 15.5. The van der Waals surface area contributed by atoms with Gasteiger partial charge in [-0.3, -0.25) is 4.79 Å². The maximum atomic E-state index is 13.0. The summed E-state index contributed by atoms with van der Waals surface area (Å²) in [5, 5.41) is 7.58. The minimum Gasteiger partial charge on any atom is -0.369 e. The van der Waals surface area contributed by atoms with Crippen LogP contribution in [0.15, 0.2) is 24.3 Å². The molecule has 2 heterocycles. The summed E-state index contributed by atoms with van der Waals surface area (Å²) in [6.07, 6.45) is -0.262. The normalized spacial score (nSPS) is 18.0. The number of amides is 1. The first kappa shape index (κ1) is 15.6. The zero-order valence-electron chi connectivity index (χ0n) is 12.5. The van der Waals surface area contributed by atoms with Gasteiger partial charge in [0.1, 0.15) is 11.9 Å². The average molecular weight is 319 g/mol. The van der Waals surface area contributed by atoms with E-state index in [9.17, 15) is 9.18 Å². The molecule has 1 saturated heterocycles. The zero-order chi connectivity index (χ0) is 16.2. The van der Waals surface area contributed by atoms with Crippen LogP contribution in [0, 0.1) is 5.82 Å². The second-order valence-corrected chi connectivity index (χ2v) is 5.38. The molecule has 0 bridgehead atoms. The monoisotopic (exact) mass is 319 g/mol. The van der Waals surface area contributed by atoms with E-state index in [-0.39, 0.29) is 18.3 Å². The van der Waals surface area contributed by atoms with Gasteiger partial charge < -0.3 is 15.8 Å². The number of nitrogens with zero attached hydrogens (tertiary/aromatic N) is 3. The van der Waals surface area contributed by atoms with Crippen molar-refractivity contribution in [2.75, 3.05) is 19.7 Å². The lowest BCUT2D eigenvalue weighted by molar-refractivity contribution is -0.117. The fourth-order valence-corrected chi connectivity index (χ4v) is 2.48. The first-order chi connectivity index (χ1) is 11.1. The average Bonchev–Trinajstić information content (AvgIpc) is 2.92. The predicted molar refractivity (Wildman–Crippen MR) is 80.0 cm³/mol. The highest BCUT2D eigenvalue weighted by molar-refractivity contribution is 5.75. The van der Waals surface area contributed by atoms with Crippen molar-refractivity contribution in [1.29, 1.82) is 0 Å². The smallest absolute Gasteiger partial charge is 0.225 e. The molecule has 0 aliphatic carbocycles. The first-order valence-electron chi connectivity index (χ1n) is 7.40. The van der Waals surface area contributed by atoms with E-state index in [1.165, 1.54) is 12.1 Å². The van der Waals surface area contributed by atoms with Crippen LogP contribution in [0.2, 0.25) is 0 Å². The Morgan fingerprint density at radius 1 is 1.43 bits per heavy atom. The van der Waals surface area contributed by atoms with Gasteiger partial charge in [0, 0.05) is 13.1 Å². The Morgan fingerprint density at radius 3 is 2.87 bits per heavy atom. The van der Waals surface area contributed by atoms with E-state index in [1.807, 2.05) is 0 Å². The number of halogens is 1. The number of morpholine rings is 1. The molecule has 1 unspecified atom stereocenters. The molecule has 0 saturated carbocycles. The molecule has 1 amide bonds. The van der Waals surface area contributed by atoms with Gasteiger partial charge in [0.15, 0.2) is 11.6 Å². The van der Waals surface area contributed by atoms with Gasteiger partial charge in [0.25, 0.3) is 0 Å². The second-order valence-electron chi connectivity index (χ2n) is 5.38. The number of nitrogens with one attached hydrogen (secondary N) is 1. The Hall–Kier alpha value is -2.32. The Kier molecular flexibility index (Phi) is 4.63. The largest absolute Gasteiger partial charge is 0.369 e. The standard InChI is InChI=1S/C15H18FN5O2/c16-11-3-1-10(2-4-11)9-21-15(12-8-18-5-6-23-12)19-14(20-21)7-13(17)22/h1-4,12,18H,5-9H2,(H2,17,22). The van der Waals surface area contributed by atoms with Gasteiger partial charge in [-0.25, -0.2) is 14.1 Å². The van der Waals surface area contributed by atoms with Crippen LogP contribution in [0.5, 0.6) is 0 Å². The third-order valence-electron chi connectivity index (χ3n) is 3.54. The van der Waals surface area contributed by atoms with Crippen LogP contribution in [-0.2, 0) is 22.5 Å². The van der Waals surface area contributed by atoms with E-state index in [2.05, 4.69) is 15.4 Å². The molecule has 1 atom stereocenters. The van der Waals surface area contributed by atoms with Crippen molar-refractivity contribution in [3.05, 3.63) is 47.3 Å². The summed E-state index contributed by atoms with van der Waals surface area (Å²) in [5.74, 6) is 0.224. The molecule has 1 fully saturated rings. The van der Waals surface area contributed by atoms with Gasteiger partial charge in [-0.05, 0) is 17.7 Å². The van der Waals surface area contributed by atoms with Crippen molar-refractivity contribution in [3.8, 4) is 0 Å². The van der Waals surface area contributed by atoms with Gasteiger partial charge in [-0.1, -0.05) is 12.1 Å². The minimum atomic E-state index is -0.488. The Bertz CT molecular complexity index is 680. The molecule has 23 heavy (non-hydrogen) atoms. The molecule has 7 nitrogen and oxygen atoms in total. The van der Waals surface area contributed by atoms with Crippen LogP contribution >= 0.6 is 0 Å². The lowest BCUT2D eigenvalue weighted by Crippen LogP contribution is -2.34. The van der Waals surface area contributed by atoms with Gasteiger partial charge in [-0.2, -0.15) is 5.10 Å². The minimum absolute atomic E-state index is 0.0242. The quantitative estimate of drug-likeness (QED) is 0.818. The Balaban J connectivity index is 1.87. The van der Waals surface area contributed by atoms with E-state index < -0.39 is 5.91 Å². The number of hydrogen-bond donors (Lipinski definition) is 2. The molecule has 1 aromatic heterocycles. The predicted octanol–water partition coefficient (Wildman–Crippen LogP) is 0.154. The van der Waals surface area contributed by atoms with Crippen LogP contribution in [0.25, 0.3) is 0 Å². The molecule has 0 radical (unpaired) electrons. The number of aromatic nitrogens is 3. The van der Waals surface area contributed by atoms with E-state index >= 15 is 0 Å². The highest BCUT2D eigenvalue weighted by Crippen LogP contribution is 2.18. The third-order valence-corrected chi connectivity index (χ3v) is 3.54. The molecule has 1 aromatic carbocycles. The number of hydrogen-bond acceptors (Lipinski definition) is 5. The highest BCUT2D eigenvalue weighted by Gasteiger charge is 2.23. The van der Waals surface area contributed by atoms with Crippen LogP contribution in [0.1, 0.15) is 23.3 Å². The Labute approximate surface area is 132 Å². The molecule has 2 aromatic rings. The van der Waals surface area contributed by atoms with Crippen molar-refractivity contribution in [2.24, 2.45) is 5.73 Å². The number of benzene rings is 1. The topological polar surface area (TPSA) is 95.1 Å². The summed E-state index contributed by atoms with van der Waals surface area (Å²) in [6, 6.07) is 6.17. The van der Waals surface area contributed by atoms with Gasteiger partial charge in [0.2, 0.25) is 5.91 Å². The molecule has 122 valence electrons. The third kappa shape index (κ3) is 3.91. The molecule has 8 heteroatoms. The van der Waals surface area contributed by atoms with Gasteiger partial charge in [-0.15, -0.1) is 0 Å². The Morgan fingerprint density at radius 2 is 2.22 bits per heavy atom. The van der Waals surface area contributed by atoms with Crippen molar-refractivity contribution >= 4 is 5.91 Å². The number of nitrogens with two attached hydrogens (primary N) is 1. The number of rotatable bonds is 5. The summed E-state index contributed by atoms with van der Waals surface area (Å²) in [7, 11) is 0. The SMILES string of the molecule is NC(=O)Cc1nc(C2CNCCO2)n(Cc2ccc(F)cc2)n1. The number of primary amides is 1. The molecular formula is C15H18FN5O2. The van der Waals surface area contributed by atoms with Crippen molar-refractivity contribution in [2.45, 2.75) is 19.1 Å². The number of ether oxygens (including phenoxy) is 1. The fourth-order valence-electron chi connectivity index (χ4n) is 2.48. The molecule has 1 aliphatic heterocycles. The van der Waals surface area contributed by atoms with Crippen molar-refractivity contribution in [1.82, 2.24) is 20.1 Å². The maximum Gasteiger partial charge on any atom is 0.225 e. The molecular weight excluding hydrogens is 301 g/mol. The van der Waals surface area contributed by atoms with E-state index in [0.717, 1.165) is 12.1 Å². The summed E-state index contributed by atoms with van der Waals surface area (Å²) in [6.45, 7) is 2.41. The second kappa shape index (κ2) is 6.84. The lowest BCUT2D eigenvalue weighted by atomic mass is 10.2. The lowest BCUT2D eigenvalue weighted by Gasteiger charge is -2.23. The van der Waals surface area contributed by atoms with Crippen LogP contribution < -0.4 is 11.1 Å². The fraction of sp³-hybridized carbons (Fsp3) is 0.400. The van der Waals surface area contributed by atoms with Gasteiger partial charge in [0.05, 0.1) is 19.6 Å². The van der Waals surface area contributed by atoms with Gasteiger partial charge >= 0.3 is 0 Å². The number of carbonyl (C=O) groups excluding carboxylic acids is 1. The summed E-state index contributed by atoms with van der Waals surface area (Å²) < 4.78 is 20.4. The summed E-state index contributed by atoms with van der Waals surface area (Å²) in [5.41, 5.74) is 6.10. The van der Waals surface area contributed by atoms with Crippen molar-refractivity contribution < 1.29 is 13.9 Å². The van der Waals surface area contributed by atoms with Crippen molar-refractivity contribution in [3.63, 3.8) is 0 Å². The first-order valence-corrected chi connectivity index (χ1v) is 7.40. The zero-order valence-corrected chi connectivity index (χ0v) is 12.5. The molecule has 3 rings (SSSR count). The van der Waals surface area contributed by atoms with E-state index in [4.69, 9.17) is 10.5 Å². The van der Waals surface area contributed by atoms with Crippen LogP contribution in [0.3, 0.4) is 0 Å². The summed E-state index contributed by atoms with van der Waals surface area (Å²) >= 11 is 0. The van der Waals surface area contributed by atoms with Crippen LogP contribution in [0.4, 0.5) is 4.39 Å². The van der Waals surface area contributed by atoms with Crippen LogP contribution in [-0.4, -0.2) is 40.4 Å². The molecule has 0 spiro atoms. The molecule has 3 N–H and O–H groups in total. The van der Waals surface area contributed by atoms with E-state index in [1.54, 1.807) is 16.8 Å². The number of carbonyl (C=O) groups is 1.